The molecule has 0 heterocycles. The lowest BCUT2D eigenvalue weighted by atomic mass is 10.2. The van der Waals surface area contributed by atoms with Gasteiger partial charge < -0.3 is 9.47 Å². The molecule has 20 heavy (non-hydrogen) atoms. The van der Waals surface area contributed by atoms with E-state index in [1.165, 1.54) is 0 Å². The van der Waals surface area contributed by atoms with Crippen LogP contribution in [0.3, 0.4) is 0 Å². The molecule has 0 N–H and O–H groups in total. The van der Waals surface area contributed by atoms with E-state index in [9.17, 15) is 4.79 Å². The first-order chi connectivity index (χ1) is 9.79. The third kappa shape index (κ3) is 3.99. The van der Waals surface area contributed by atoms with E-state index >= 15 is 0 Å². The zero-order chi connectivity index (χ0) is 14.2. The SMILES string of the molecule is C/C=C/COc1ccc(OC(=O)c2ccccc2)cc1. The van der Waals surface area contributed by atoms with Crippen LogP contribution in [-0.2, 0) is 0 Å². The van der Waals surface area contributed by atoms with Crippen molar-refractivity contribution in [1.29, 1.82) is 0 Å². The molecule has 2 aromatic carbocycles. The van der Waals surface area contributed by atoms with Crippen LogP contribution >= 0.6 is 0 Å². The second-order valence-corrected chi connectivity index (χ2v) is 4.11. The second kappa shape index (κ2) is 7.14. The van der Waals surface area contributed by atoms with Crippen molar-refractivity contribution in [3.8, 4) is 11.5 Å². The number of carbonyl (C=O) groups excluding carboxylic acids is 1. The minimum absolute atomic E-state index is 0.367. The van der Waals surface area contributed by atoms with Crippen LogP contribution in [0.25, 0.3) is 0 Å². The predicted molar refractivity (Wildman–Crippen MR) is 78.2 cm³/mol. The van der Waals surface area contributed by atoms with Crippen molar-refractivity contribution in [3.63, 3.8) is 0 Å². The third-order valence-corrected chi connectivity index (χ3v) is 2.63. The maximum absolute atomic E-state index is 11.8. The summed E-state index contributed by atoms with van der Waals surface area (Å²) in [5, 5.41) is 0. The molecule has 3 heteroatoms. The molecule has 0 saturated carbocycles. The first-order valence-electron chi connectivity index (χ1n) is 6.41. The van der Waals surface area contributed by atoms with Gasteiger partial charge in [-0.15, -0.1) is 0 Å². The van der Waals surface area contributed by atoms with Gasteiger partial charge in [0.25, 0.3) is 0 Å². The van der Waals surface area contributed by atoms with Gasteiger partial charge in [-0.05, 0) is 43.3 Å². The molecular weight excluding hydrogens is 252 g/mol. The maximum Gasteiger partial charge on any atom is 0.343 e. The van der Waals surface area contributed by atoms with Gasteiger partial charge in [-0.2, -0.15) is 0 Å². The van der Waals surface area contributed by atoms with Crippen molar-refractivity contribution in [2.24, 2.45) is 0 Å². The normalized spacial score (nSPS) is 10.4. The van der Waals surface area contributed by atoms with Gasteiger partial charge >= 0.3 is 5.97 Å². The Bertz CT molecular complexity index is 571. The summed E-state index contributed by atoms with van der Waals surface area (Å²) in [5.74, 6) is 0.869. The molecular formula is C17H16O3. The van der Waals surface area contributed by atoms with Crippen LogP contribution < -0.4 is 9.47 Å². The molecule has 0 saturated heterocycles. The molecule has 2 rings (SSSR count). The topological polar surface area (TPSA) is 35.5 Å². The first kappa shape index (κ1) is 13.9. The van der Waals surface area contributed by atoms with E-state index in [1.54, 1.807) is 48.5 Å². The lowest BCUT2D eigenvalue weighted by molar-refractivity contribution is 0.0734. The Morgan fingerprint density at radius 3 is 2.30 bits per heavy atom. The Morgan fingerprint density at radius 1 is 1.00 bits per heavy atom. The van der Waals surface area contributed by atoms with Gasteiger partial charge in [-0.25, -0.2) is 4.79 Å². The molecule has 3 nitrogen and oxygen atoms in total. The average molecular weight is 268 g/mol. The van der Waals surface area contributed by atoms with Gasteiger partial charge in [0.1, 0.15) is 18.1 Å². The molecule has 0 atom stereocenters. The van der Waals surface area contributed by atoms with Crippen LogP contribution in [0.15, 0.2) is 66.7 Å². The van der Waals surface area contributed by atoms with Gasteiger partial charge in [0.2, 0.25) is 0 Å². The Morgan fingerprint density at radius 2 is 1.65 bits per heavy atom. The van der Waals surface area contributed by atoms with Crippen LogP contribution in [0.2, 0.25) is 0 Å². The third-order valence-electron chi connectivity index (χ3n) is 2.63. The molecule has 0 aliphatic carbocycles. The molecule has 0 unspecified atom stereocenters. The molecule has 0 radical (unpaired) electrons. The number of hydrogen-bond acceptors (Lipinski definition) is 3. The molecule has 2 aromatic rings. The van der Waals surface area contributed by atoms with E-state index in [2.05, 4.69) is 0 Å². The Hall–Kier alpha value is -2.55. The lowest BCUT2D eigenvalue weighted by Crippen LogP contribution is -2.07. The minimum Gasteiger partial charge on any atom is -0.490 e. The van der Waals surface area contributed by atoms with Crippen molar-refractivity contribution in [2.45, 2.75) is 6.92 Å². The summed E-state index contributed by atoms with van der Waals surface area (Å²) in [6, 6.07) is 15.9. The van der Waals surface area contributed by atoms with Crippen LogP contribution in [0, 0.1) is 0 Å². The predicted octanol–water partition coefficient (Wildman–Crippen LogP) is 3.86. The summed E-state index contributed by atoms with van der Waals surface area (Å²) >= 11 is 0. The molecule has 0 amide bonds. The van der Waals surface area contributed by atoms with E-state index in [-0.39, 0.29) is 5.97 Å². The van der Waals surface area contributed by atoms with E-state index in [1.807, 2.05) is 25.1 Å². The van der Waals surface area contributed by atoms with Crippen molar-refractivity contribution in [1.82, 2.24) is 0 Å². The zero-order valence-corrected chi connectivity index (χ0v) is 11.3. The largest absolute Gasteiger partial charge is 0.490 e. The van der Waals surface area contributed by atoms with Crippen molar-refractivity contribution in [2.75, 3.05) is 6.61 Å². The van der Waals surface area contributed by atoms with Gasteiger partial charge in [-0.3, -0.25) is 0 Å². The van der Waals surface area contributed by atoms with Gasteiger partial charge in [0.05, 0.1) is 5.56 Å². The van der Waals surface area contributed by atoms with Crippen LogP contribution in [-0.4, -0.2) is 12.6 Å². The van der Waals surface area contributed by atoms with E-state index in [0.29, 0.717) is 17.9 Å². The van der Waals surface area contributed by atoms with Gasteiger partial charge in [0.15, 0.2) is 0 Å². The van der Waals surface area contributed by atoms with Crippen molar-refractivity contribution >= 4 is 5.97 Å². The molecule has 0 aromatic heterocycles. The number of benzene rings is 2. The van der Waals surface area contributed by atoms with Gasteiger partial charge in [-0.1, -0.05) is 30.4 Å². The average Bonchev–Trinajstić information content (AvgIpc) is 2.50. The monoisotopic (exact) mass is 268 g/mol. The number of esters is 1. The van der Waals surface area contributed by atoms with E-state index in [0.717, 1.165) is 5.75 Å². The smallest absolute Gasteiger partial charge is 0.343 e. The summed E-state index contributed by atoms with van der Waals surface area (Å²) in [6.07, 6.45) is 3.85. The number of rotatable bonds is 5. The number of allylic oxidation sites excluding steroid dienone is 1. The molecule has 0 fully saturated rings. The maximum atomic E-state index is 11.8. The minimum atomic E-state index is -0.367. The molecule has 0 aliphatic rings. The standard InChI is InChI=1S/C17H16O3/c1-2-3-13-19-15-9-11-16(12-10-15)20-17(18)14-7-5-4-6-8-14/h2-12H,13H2,1H3/b3-2+. The summed E-state index contributed by atoms with van der Waals surface area (Å²) in [6.45, 7) is 2.47. The summed E-state index contributed by atoms with van der Waals surface area (Å²) in [4.78, 5) is 11.8. The highest BCUT2D eigenvalue weighted by Gasteiger charge is 2.07. The highest BCUT2D eigenvalue weighted by Crippen LogP contribution is 2.18. The van der Waals surface area contributed by atoms with Crippen molar-refractivity contribution in [3.05, 3.63) is 72.3 Å². The van der Waals surface area contributed by atoms with Crippen molar-refractivity contribution < 1.29 is 14.3 Å². The fraction of sp³-hybridized carbons (Fsp3) is 0.118. The summed E-state index contributed by atoms with van der Waals surface area (Å²) in [7, 11) is 0. The highest BCUT2D eigenvalue weighted by atomic mass is 16.5. The molecule has 0 aliphatic heterocycles. The fourth-order valence-electron chi connectivity index (χ4n) is 1.58. The molecule has 102 valence electrons. The molecule has 0 bridgehead atoms. The number of carbonyl (C=O) groups is 1. The van der Waals surface area contributed by atoms with Crippen LogP contribution in [0.5, 0.6) is 11.5 Å². The zero-order valence-electron chi connectivity index (χ0n) is 11.3. The van der Waals surface area contributed by atoms with E-state index in [4.69, 9.17) is 9.47 Å². The fourth-order valence-corrected chi connectivity index (χ4v) is 1.58. The summed E-state index contributed by atoms with van der Waals surface area (Å²) in [5.41, 5.74) is 0.529. The molecule has 0 spiro atoms. The lowest BCUT2D eigenvalue weighted by Gasteiger charge is -2.06. The number of hydrogen-bond donors (Lipinski definition) is 0. The van der Waals surface area contributed by atoms with E-state index < -0.39 is 0 Å². The Labute approximate surface area is 118 Å². The van der Waals surface area contributed by atoms with Crippen LogP contribution in [0.4, 0.5) is 0 Å². The second-order valence-electron chi connectivity index (χ2n) is 4.11. The number of ether oxygens (including phenoxy) is 2. The Balaban J connectivity index is 1.95. The summed E-state index contributed by atoms with van der Waals surface area (Å²) < 4.78 is 10.7. The first-order valence-corrected chi connectivity index (χ1v) is 6.41. The quantitative estimate of drug-likeness (QED) is 0.469. The highest BCUT2D eigenvalue weighted by molar-refractivity contribution is 5.90. The van der Waals surface area contributed by atoms with Crippen LogP contribution in [0.1, 0.15) is 17.3 Å². The van der Waals surface area contributed by atoms with Gasteiger partial charge in [0, 0.05) is 0 Å². The Kier molecular flexibility index (Phi) is 4.95.